The molecule has 4 heteroatoms. The molecule has 0 spiro atoms. The standard InChI is InChI=1S/C15H15BrClNO/c1-10-7-13(19-2)4-6-15(10)18-9-11-8-12(17)3-5-14(11)16/h3-8,18H,9H2,1-2H3. The Hall–Kier alpha value is -1.19. The number of benzene rings is 2. The third-order valence-corrected chi connectivity index (χ3v) is 3.92. The molecule has 2 rings (SSSR count). The van der Waals surface area contributed by atoms with Crippen LogP contribution in [0.2, 0.25) is 5.02 Å². The summed E-state index contributed by atoms with van der Waals surface area (Å²) < 4.78 is 6.25. The van der Waals surface area contributed by atoms with Crippen LogP contribution in [0.25, 0.3) is 0 Å². The van der Waals surface area contributed by atoms with Crippen LogP contribution in [-0.4, -0.2) is 7.11 Å². The van der Waals surface area contributed by atoms with E-state index in [1.54, 1.807) is 7.11 Å². The van der Waals surface area contributed by atoms with Gasteiger partial charge in [-0.2, -0.15) is 0 Å². The van der Waals surface area contributed by atoms with Crippen molar-refractivity contribution in [3.63, 3.8) is 0 Å². The molecule has 0 aliphatic carbocycles. The molecule has 1 N–H and O–H groups in total. The van der Waals surface area contributed by atoms with Gasteiger partial charge in [-0.3, -0.25) is 0 Å². The van der Waals surface area contributed by atoms with Crippen LogP contribution in [0.5, 0.6) is 5.75 Å². The molecular weight excluding hydrogens is 326 g/mol. The number of ether oxygens (including phenoxy) is 1. The molecule has 0 fully saturated rings. The molecule has 0 amide bonds. The Balaban J connectivity index is 2.12. The Labute approximate surface area is 126 Å². The van der Waals surface area contributed by atoms with Crippen molar-refractivity contribution in [1.82, 2.24) is 0 Å². The molecule has 0 saturated heterocycles. The molecule has 0 bridgehead atoms. The molecule has 100 valence electrons. The Morgan fingerprint density at radius 1 is 1.21 bits per heavy atom. The molecule has 0 atom stereocenters. The lowest BCUT2D eigenvalue weighted by molar-refractivity contribution is 0.414. The van der Waals surface area contributed by atoms with Crippen LogP contribution >= 0.6 is 27.5 Å². The highest BCUT2D eigenvalue weighted by molar-refractivity contribution is 9.10. The zero-order chi connectivity index (χ0) is 13.8. The van der Waals surface area contributed by atoms with Crippen molar-refractivity contribution in [3.05, 3.63) is 57.0 Å². The lowest BCUT2D eigenvalue weighted by atomic mass is 10.1. The fourth-order valence-corrected chi connectivity index (χ4v) is 2.41. The van der Waals surface area contributed by atoms with Crippen molar-refractivity contribution < 1.29 is 4.74 Å². The van der Waals surface area contributed by atoms with Crippen LogP contribution in [0.15, 0.2) is 40.9 Å². The highest BCUT2D eigenvalue weighted by Gasteiger charge is 2.03. The molecule has 0 aliphatic rings. The summed E-state index contributed by atoms with van der Waals surface area (Å²) in [7, 11) is 1.67. The number of anilines is 1. The second-order valence-electron chi connectivity index (χ2n) is 4.27. The van der Waals surface area contributed by atoms with Gasteiger partial charge in [0.1, 0.15) is 5.75 Å². The van der Waals surface area contributed by atoms with E-state index >= 15 is 0 Å². The van der Waals surface area contributed by atoms with E-state index in [9.17, 15) is 0 Å². The number of aryl methyl sites for hydroxylation is 1. The van der Waals surface area contributed by atoms with E-state index in [2.05, 4.69) is 28.2 Å². The predicted molar refractivity (Wildman–Crippen MR) is 84.2 cm³/mol. The zero-order valence-corrected chi connectivity index (χ0v) is 13.2. The number of hydrogen-bond donors (Lipinski definition) is 1. The molecule has 0 heterocycles. The van der Waals surface area contributed by atoms with Crippen LogP contribution < -0.4 is 10.1 Å². The van der Waals surface area contributed by atoms with Crippen molar-refractivity contribution in [2.24, 2.45) is 0 Å². The van der Waals surface area contributed by atoms with E-state index in [1.807, 2.05) is 36.4 Å². The highest BCUT2D eigenvalue weighted by Crippen LogP contribution is 2.25. The molecule has 19 heavy (non-hydrogen) atoms. The third-order valence-electron chi connectivity index (χ3n) is 2.91. The van der Waals surface area contributed by atoms with E-state index in [1.165, 1.54) is 0 Å². The second kappa shape index (κ2) is 6.31. The van der Waals surface area contributed by atoms with E-state index < -0.39 is 0 Å². The minimum atomic E-state index is 0.717. The maximum atomic E-state index is 6.00. The molecular formula is C15H15BrClNO. The largest absolute Gasteiger partial charge is 0.497 e. The first-order chi connectivity index (χ1) is 9.10. The number of hydrogen-bond acceptors (Lipinski definition) is 2. The molecule has 2 aromatic rings. The normalized spacial score (nSPS) is 10.3. The summed E-state index contributed by atoms with van der Waals surface area (Å²) in [5, 5.41) is 4.15. The first kappa shape index (κ1) is 14.2. The molecule has 2 aromatic carbocycles. The Morgan fingerprint density at radius 3 is 2.68 bits per heavy atom. The Morgan fingerprint density at radius 2 is 2.00 bits per heavy atom. The summed E-state index contributed by atoms with van der Waals surface area (Å²) in [6.45, 7) is 2.77. The van der Waals surface area contributed by atoms with Gasteiger partial charge >= 0.3 is 0 Å². The lowest BCUT2D eigenvalue weighted by Crippen LogP contribution is -2.02. The van der Waals surface area contributed by atoms with Crippen LogP contribution in [0, 0.1) is 6.92 Å². The van der Waals surface area contributed by atoms with Crippen molar-refractivity contribution in [1.29, 1.82) is 0 Å². The fraction of sp³-hybridized carbons (Fsp3) is 0.200. The molecule has 0 aromatic heterocycles. The van der Waals surface area contributed by atoms with Gasteiger partial charge in [0.15, 0.2) is 0 Å². The van der Waals surface area contributed by atoms with Crippen LogP contribution in [-0.2, 0) is 6.54 Å². The summed E-state index contributed by atoms with van der Waals surface area (Å²) in [5.41, 5.74) is 3.37. The maximum Gasteiger partial charge on any atom is 0.119 e. The van der Waals surface area contributed by atoms with E-state index in [4.69, 9.17) is 16.3 Å². The van der Waals surface area contributed by atoms with Gasteiger partial charge < -0.3 is 10.1 Å². The first-order valence-electron chi connectivity index (χ1n) is 5.92. The van der Waals surface area contributed by atoms with Crippen molar-refractivity contribution in [3.8, 4) is 5.75 Å². The minimum Gasteiger partial charge on any atom is -0.497 e. The predicted octanol–water partition coefficient (Wildman–Crippen LogP) is 5.03. The molecule has 0 aliphatic heterocycles. The fourth-order valence-electron chi connectivity index (χ4n) is 1.83. The second-order valence-corrected chi connectivity index (χ2v) is 5.56. The third kappa shape index (κ3) is 3.64. The van der Waals surface area contributed by atoms with Gasteiger partial charge in [0.2, 0.25) is 0 Å². The first-order valence-corrected chi connectivity index (χ1v) is 7.09. The van der Waals surface area contributed by atoms with Crippen LogP contribution in [0.3, 0.4) is 0 Å². The molecule has 0 saturated carbocycles. The minimum absolute atomic E-state index is 0.717. The summed E-state index contributed by atoms with van der Waals surface area (Å²) >= 11 is 9.53. The summed E-state index contributed by atoms with van der Waals surface area (Å²) in [5.74, 6) is 0.868. The van der Waals surface area contributed by atoms with E-state index in [-0.39, 0.29) is 0 Å². The van der Waals surface area contributed by atoms with E-state index in [0.717, 1.165) is 32.1 Å². The molecule has 0 unspecified atom stereocenters. The quantitative estimate of drug-likeness (QED) is 0.842. The average Bonchev–Trinajstić information content (AvgIpc) is 2.40. The smallest absolute Gasteiger partial charge is 0.119 e. The summed E-state index contributed by atoms with van der Waals surface area (Å²) in [6.07, 6.45) is 0. The van der Waals surface area contributed by atoms with Gasteiger partial charge in [-0.25, -0.2) is 0 Å². The van der Waals surface area contributed by atoms with E-state index in [0.29, 0.717) is 6.54 Å². The number of rotatable bonds is 4. The van der Waals surface area contributed by atoms with Gasteiger partial charge in [-0.15, -0.1) is 0 Å². The van der Waals surface area contributed by atoms with Crippen molar-refractivity contribution in [2.75, 3.05) is 12.4 Å². The monoisotopic (exact) mass is 339 g/mol. The van der Waals surface area contributed by atoms with Gasteiger partial charge in [-0.05, 0) is 54.4 Å². The number of halogens is 2. The zero-order valence-electron chi connectivity index (χ0n) is 10.8. The maximum absolute atomic E-state index is 6.00. The van der Waals surface area contributed by atoms with Gasteiger partial charge in [-0.1, -0.05) is 27.5 Å². The van der Waals surface area contributed by atoms with Crippen molar-refractivity contribution >= 4 is 33.2 Å². The average molecular weight is 341 g/mol. The SMILES string of the molecule is COc1ccc(NCc2cc(Cl)ccc2Br)c(C)c1. The molecule has 0 radical (unpaired) electrons. The van der Waals surface area contributed by atoms with Gasteiger partial charge in [0.05, 0.1) is 7.11 Å². The van der Waals surface area contributed by atoms with Crippen LogP contribution in [0.1, 0.15) is 11.1 Å². The van der Waals surface area contributed by atoms with Gasteiger partial charge in [0.25, 0.3) is 0 Å². The topological polar surface area (TPSA) is 21.3 Å². The molecule has 2 nitrogen and oxygen atoms in total. The van der Waals surface area contributed by atoms with Gasteiger partial charge in [0, 0.05) is 21.7 Å². The Bertz CT molecular complexity index is 586. The number of methoxy groups -OCH3 is 1. The summed E-state index contributed by atoms with van der Waals surface area (Å²) in [6, 6.07) is 11.8. The number of nitrogens with one attached hydrogen (secondary N) is 1. The highest BCUT2D eigenvalue weighted by atomic mass is 79.9. The lowest BCUT2D eigenvalue weighted by Gasteiger charge is -2.12. The summed E-state index contributed by atoms with van der Waals surface area (Å²) in [4.78, 5) is 0. The Kier molecular flexibility index (Phi) is 4.72. The van der Waals surface area contributed by atoms with Crippen molar-refractivity contribution in [2.45, 2.75) is 13.5 Å². The van der Waals surface area contributed by atoms with Crippen LogP contribution in [0.4, 0.5) is 5.69 Å².